The average Bonchev–Trinajstić information content (AvgIpc) is 2.97. The van der Waals surface area contributed by atoms with Crippen LogP contribution in [0.5, 0.6) is 0 Å². The van der Waals surface area contributed by atoms with Gasteiger partial charge in [-0.25, -0.2) is 9.18 Å². The largest absolute Gasteiger partial charge is 0.348 e. The summed E-state index contributed by atoms with van der Waals surface area (Å²) in [6.07, 6.45) is 2.04. The highest BCUT2D eigenvalue weighted by molar-refractivity contribution is 9.10. The van der Waals surface area contributed by atoms with Gasteiger partial charge in [0.05, 0.1) is 11.7 Å². The number of anilines is 1. The lowest BCUT2D eigenvalue weighted by atomic mass is 9.97. The van der Waals surface area contributed by atoms with E-state index in [0.29, 0.717) is 11.0 Å². The summed E-state index contributed by atoms with van der Waals surface area (Å²) < 4.78 is 16.8. The minimum Gasteiger partial charge on any atom is -0.348 e. The smallest absolute Gasteiger partial charge is 0.322 e. The third-order valence-electron chi connectivity index (χ3n) is 4.15. The second kappa shape index (κ2) is 6.35. The monoisotopic (exact) mass is 379 g/mol. The molecule has 0 bridgehead atoms. The molecule has 1 aromatic carbocycles. The van der Waals surface area contributed by atoms with Gasteiger partial charge in [0.2, 0.25) is 0 Å². The molecular formula is C17H19BrFN3O. The molecule has 1 aliphatic heterocycles. The summed E-state index contributed by atoms with van der Waals surface area (Å²) in [4.78, 5) is 14.5. The van der Waals surface area contributed by atoms with Crippen molar-refractivity contribution in [1.82, 2.24) is 9.47 Å². The SMILES string of the molecule is CC(C)[C@@H]1c2cccn2CCN1C(=O)Nc1ccc(Br)cc1F. The Hall–Kier alpha value is -1.82. The first-order valence-corrected chi connectivity index (χ1v) is 8.44. The summed E-state index contributed by atoms with van der Waals surface area (Å²) in [6.45, 7) is 5.54. The summed E-state index contributed by atoms with van der Waals surface area (Å²) in [5.74, 6) is -0.182. The Morgan fingerprint density at radius 1 is 1.35 bits per heavy atom. The van der Waals surface area contributed by atoms with E-state index < -0.39 is 5.82 Å². The standard InChI is InChI=1S/C17H19BrFN3O/c1-11(2)16-15-4-3-7-21(15)8-9-22(16)17(23)20-14-6-5-12(18)10-13(14)19/h3-7,10-11,16H,8-9H2,1-2H3,(H,20,23)/t16-/m1/s1. The van der Waals surface area contributed by atoms with Crippen LogP contribution in [0.15, 0.2) is 41.0 Å². The van der Waals surface area contributed by atoms with E-state index in [9.17, 15) is 9.18 Å². The van der Waals surface area contributed by atoms with Crippen molar-refractivity contribution in [3.63, 3.8) is 0 Å². The van der Waals surface area contributed by atoms with Gasteiger partial charge in [-0.2, -0.15) is 0 Å². The van der Waals surface area contributed by atoms with Crippen molar-refractivity contribution in [2.24, 2.45) is 5.92 Å². The number of fused-ring (bicyclic) bond motifs is 1. The molecule has 0 spiro atoms. The van der Waals surface area contributed by atoms with Gasteiger partial charge in [0.25, 0.3) is 0 Å². The molecule has 1 aliphatic rings. The van der Waals surface area contributed by atoms with Crippen LogP contribution in [0.1, 0.15) is 25.6 Å². The van der Waals surface area contributed by atoms with Crippen molar-refractivity contribution < 1.29 is 9.18 Å². The van der Waals surface area contributed by atoms with Gasteiger partial charge < -0.3 is 14.8 Å². The maximum absolute atomic E-state index is 14.0. The molecule has 0 saturated heterocycles. The van der Waals surface area contributed by atoms with Crippen molar-refractivity contribution >= 4 is 27.6 Å². The number of nitrogens with zero attached hydrogens (tertiary/aromatic N) is 2. The number of rotatable bonds is 2. The molecule has 0 radical (unpaired) electrons. The number of benzene rings is 1. The predicted octanol–water partition coefficient (Wildman–Crippen LogP) is 4.63. The maximum atomic E-state index is 14.0. The first-order chi connectivity index (χ1) is 11.0. The molecule has 0 aliphatic carbocycles. The number of halogens is 2. The van der Waals surface area contributed by atoms with Crippen LogP contribution in [0.2, 0.25) is 0 Å². The zero-order valence-corrected chi connectivity index (χ0v) is 14.7. The minimum atomic E-state index is -0.450. The Bertz CT molecular complexity index is 728. The number of urea groups is 1. The third kappa shape index (κ3) is 3.13. The fraction of sp³-hybridized carbons (Fsp3) is 0.353. The van der Waals surface area contributed by atoms with Crippen molar-refractivity contribution in [2.75, 3.05) is 11.9 Å². The number of carbonyl (C=O) groups is 1. The highest BCUT2D eigenvalue weighted by atomic mass is 79.9. The Kier molecular flexibility index (Phi) is 4.43. The van der Waals surface area contributed by atoms with Gasteiger partial charge in [0.15, 0.2) is 0 Å². The zero-order chi connectivity index (χ0) is 16.6. The first kappa shape index (κ1) is 16.1. The number of hydrogen-bond acceptors (Lipinski definition) is 1. The van der Waals surface area contributed by atoms with E-state index in [1.54, 1.807) is 17.0 Å². The Morgan fingerprint density at radius 2 is 2.13 bits per heavy atom. The average molecular weight is 380 g/mol. The van der Waals surface area contributed by atoms with Crippen molar-refractivity contribution in [1.29, 1.82) is 0 Å². The van der Waals surface area contributed by atoms with E-state index >= 15 is 0 Å². The summed E-state index contributed by atoms with van der Waals surface area (Å²) in [5.41, 5.74) is 1.32. The number of amides is 2. The molecule has 122 valence electrons. The van der Waals surface area contributed by atoms with Gasteiger partial charge in [-0.3, -0.25) is 0 Å². The lowest BCUT2D eigenvalue weighted by Gasteiger charge is -2.39. The van der Waals surface area contributed by atoms with E-state index in [1.165, 1.54) is 6.07 Å². The summed E-state index contributed by atoms with van der Waals surface area (Å²) in [5, 5.41) is 2.70. The van der Waals surface area contributed by atoms with E-state index in [-0.39, 0.29) is 23.7 Å². The topological polar surface area (TPSA) is 37.3 Å². The van der Waals surface area contributed by atoms with Crippen molar-refractivity contribution in [3.05, 3.63) is 52.5 Å². The van der Waals surface area contributed by atoms with Crippen LogP contribution in [-0.4, -0.2) is 22.0 Å². The maximum Gasteiger partial charge on any atom is 0.322 e. The summed E-state index contributed by atoms with van der Waals surface area (Å²) in [7, 11) is 0. The summed E-state index contributed by atoms with van der Waals surface area (Å²) in [6, 6.07) is 8.38. The molecule has 1 atom stereocenters. The van der Waals surface area contributed by atoms with Crippen LogP contribution < -0.4 is 5.32 Å². The van der Waals surface area contributed by atoms with Crippen LogP contribution in [0.4, 0.5) is 14.9 Å². The normalized spacial score (nSPS) is 17.3. The van der Waals surface area contributed by atoms with Gasteiger partial charge in [-0.15, -0.1) is 0 Å². The second-order valence-corrected chi connectivity index (χ2v) is 6.98. The third-order valence-corrected chi connectivity index (χ3v) is 4.64. The molecule has 4 nitrogen and oxygen atoms in total. The molecule has 2 amide bonds. The van der Waals surface area contributed by atoms with Gasteiger partial charge in [-0.1, -0.05) is 29.8 Å². The van der Waals surface area contributed by atoms with Gasteiger partial charge in [-0.05, 0) is 36.2 Å². The molecule has 23 heavy (non-hydrogen) atoms. The van der Waals surface area contributed by atoms with Gasteiger partial charge >= 0.3 is 6.03 Å². The highest BCUT2D eigenvalue weighted by Crippen LogP contribution is 2.33. The predicted molar refractivity (Wildman–Crippen MR) is 91.8 cm³/mol. The second-order valence-electron chi connectivity index (χ2n) is 6.06. The van der Waals surface area contributed by atoms with E-state index in [2.05, 4.69) is 39.7 Å². The van der Waals surface area contributed by atoms with E-state index in [4.69, 9.17) is 0 Å². The van der Waals surface area contributed by atoms with Gasteiger partial charge in [0, 0.05) is 29.5 Å². The van der Waals surface area contributed by atoms with Gasteiger partial charge in [0.1, 0.15) is 5.82 Å². The van der Waals surface area contributed by atoms with Crippen LogP contribution >= 0.6 is 15.9 Å². The van der Waals surface area contributed by atoms with Crippen LogP contribution in [0.25, 0.3) is 0 Å². The Morgan fingerprint density at radius 3 is 2.83 bits per heavy atom. The fourth-order valence-electron chi connectivity index (χ4n) is 3.12. The molecule has 6 heteroatoms. The van der Waals surface area contributed by atoms with E-state index in [0.717, 1.165) is 12.2 Å². The number of nitrogens with one attached hydrogen (secondary N) is 1. The molecular weight excluding hydrogens is 361 g/mol. The molecule has 0 saturated carbocycles. The molecule has 1 N–H and O–H groups in total. The molecule has 2 aromatic rings. The lowest BCUT2D eigenvalue weighted by molar-refractivity contribution is 0.143. The Labute approximate surface area is 143 Å². The molecule has 0 fully saturated rings. The van der Waals surface area contributed by atoms with E-state index in [1.807, 2.05) is 18.3 Å². The van der Waals surface area contributed by atoms with Crippen LogP contribution in [-0.2, 0) is 6.54 Å². The number of carbonyl (C=O) groups excluding carboxylic acids is 1. The minimum absolute atomic E-state index is 0.0164. The lowest BCUT2D eigenvalue weighted by Crippen LogP contribution is -2.45. The number of hydrogen-bond donors (Lipinski definition) is 1. The van der Waals surface area contributed by atoms with Crippen molar-refractivity contribution in [2.45, 2.75) is 26.4 Å². The summed E-state index contributed by atoms with van der Waals surface area (Å²) >= 11 is 3.22. The van der Waals surface area contributed by atoms with Crippen LogP contribution in [0.3, 0.4) is 0 Å². The Balaban J connectivity index is 1.84. The number of aromatic nitrogens is 1. The quantitative estimate of drug-likeness (QED) is 0.810. The fourth-order valence-corrected chi connectivity index (χ4v) is 3.45. The molecule has 3 rings (SSSR count). The zero-order valence-electron chi connectivity index (χ0n) is 13.1. The molecule has 2 heterocycles. The highest BCUT2D eigenvalue weighted by Gasteiger charge is 2.33. The molecule has 1 aromatic heterocycles. The first-order valence-electron chi connectivity index (χ1n) is 7.65. The molecule has 0 unspecified atom stereocenters. The van der Waals surface area contributed by atoms with Crippen molar-refractivity contribution in [3.8, 4) is 0 Å². The van der Waals surface area contributed by atoms with Crippen LogP contribution in [0, 0.1) is 11.7 Å².